The molecule has 0 amide bonds. The highest BCUT2D eigenvalue weighted by molar-refractivity contribution is 6.08. The number of carbonyl (C=O) groups is 1. The van der Waals surface area contributed by atoms with Crippen molar-refractivity contribution in [2.75, 3.05) is 5.32 Å². The number of Topliss-reactive ketones (excluding diaryl/α,β-unsaturated/α-hetero) is 1. The van der Waals surface area contributed by atoms with Gasteiger partial charge in [-0.15, -0.1) is 0 Å². The van der Waals surface area contributed by atoms with Crippen molar-refractivity contribution in [1.29, 1.82) is 0 Å². The summed E-state index contributed by atoms with van der Waals surface area (Å²) >= 11 is 0. The molecule has 28 heavy (non-hydrogen) atoms. The van der Waals surface area contributed by atoms with Crippen LogP contribution in [-0.4, -0.2) is 38.0 Å². The summed E-state index contributed by atoms with van der Waals surface area (Å²) in [6.07, 6.45) is 5.97. The van der Waals surface area contributed by atoms with Crippen LogP contribution in [-0.2, 0) is 0 Å². The van der Waals surface area contributed by atoms with E-state index in [0.29, 0.717) is 22.4 Å². The third-order valence-corrected chi connectivity index (χ3v) is 5.30. The van der Waals surface area contributed by atoms with Crippen LogP contribution >= 0.6 is 0 Å². The molecule has 1 aliphatic carbocycles. The average Bonchev–Trinajstić information content (AvgIpc) is 3.26. The number of H-pyrrole nitrogens is 1. The number of aliphatic hydroxyl groups excluding tert-OH is 1. The first-order valence-electron chi connectivity index (χ1n) is 9.77. The van der Waals surface area contributed by atoms with Crippen molar-refractivity contribution in [1.82, 2.24) is 15.0 Å². The molecule has 146 valence electrons. The smallest absolute Gasteiger partial charge is 0.171 e. The van der Waals surface area contributed by atoms with Gasteiger partial charge in [0.2, 0.25) is 0 Å². The molecule has 3 N–H and O–H groups in total. The minimum atomic E-state index is -0.487. The molecule has 2 aromatic heterocycles. The molecule has 1 aliphatic rings. The second-order valence-electron chi connectivity index (χ2n) is 8.56. The summed E-state index contributed by atoms with van der Waals surface area (Å²) in [6, 6.07) is 8.03. The molecule has 2 heterocycles. The van der Waals surface area contributed by atoms with E-state index in [1.54, 1.807) is 12.4 Å². The van der Waals surface area contributed by atoms with Gasteiger partial charge in [0.05, 0.1) is 29.6 Å². The molecule has 0 unspecified atom stereocenters. The van der Waals surface area contributed by atoms with Crippen LogP contribution in [0.15, 0.2) is 36.7 Å². The Bertz CT molecular complexity index is 1020. The van der Waals surface area contributed by atoms with Gasteiger partial charge < -0.3 is 15.4 Å². The van der Waals surface area contributed by atoms with Crippen molar-refractivity contribution in [3.63, 3.8) is 0 Å². The molecule has 1 fully saturated rings. The van der Waals surface area contributed by atoms with Gasteiger partial charge in [-0.1, -0.05) is 32.9 Å². The average molecular weight is 378 g/mol. The number of ketones is 1. The van der Waals surface area contributed by atoms with Crippen LogP contribution in [0.4, 0.5) is 5.69 Å². The number of aliphatic hydroxyl groups is 1. The van der Waals surface area contributed by atoms with E-state index >= 15 is 0 Å². The van der Waals surface area contributed by atoms with Crippen LogP contribution in [0.2, 0.25) is 0 Å². The van der Waals surface area contributed by atoms with Crippen LogP contribution in [0.5, 0.6) is 0 Å². The van der Waals surface area contributed by atoms with Gasteiger partial charge in [0, 0.05) is 22.9 Å². The first kappa shape index (κ1) is 18.6. The number of fused-ring (bicyclic) bond motifs is 1. The molecular formula is C22H26N4O2. The molecule has 1 saturated carbocycles. The van der Waals surface area contributed by atoms with Crippen molar-refractivity contribution in [3.8, 4) is 11.3 Å². The minimum absolute atomic E-state index is 0.0378. The van der Waals surface area contributed by atoms with Crippen LogP contribution in [0, 0.1) is 5.41 Å². The first-order valence-corrected chi connectivity index (χ1v) is 9.77. The van der Waals surface area contributed by atoms with Crippen molar-refractivity contribution >= 4 is 22.6 Å². The Balaban J connectivity index is 1.67. The summed E-state index contributed by atoms with van der Waals surface area (Å²) in [5.41, 5.74) is 3.87. The summed E-state index contributed by atoms with van der Waals surface area (Å²) in [5, 5.41) is 13.5. The Kier molecular flexibility index (Phi) is 4.67. The van der Waals surface area contributed by atoms with Gasteiger partial charge >= 0.3 is 0 Å². The number of aromatic nitrogens is 3. The Morgan fingerprint density at radius 1 is 1.29 bits per heavy atom. The lowest BCUT2D eigenvalue weighted by molar-refractivity contribution is 0.0860. The number of hydrogen-bond acceptors (Lipinski definition) is 5. The maximum absolute atomic E-state index is 12.7. The van der Waals surface area contributed by atoms with Crippen molar-refractivity contribution in [2.24, 2.45) is 5.41 Å². The fourth-order valence-corrected chi connectivity index (χ4v) is 3.70. The van der Waals surface area contributed by atoms with Gasteiger partial charge in [-0.2, -0.15) is 0 Å². The maximum atomic E-state index is 12.7. The van der Waals surface area contributed by atoms with Gasteiger partial charge in [0.1, 0.15) is 5.52 Å². The van der Waals surface area contributed by atoms with Crippen molar-refractivity contribution in [2.45, 2.75) is 52.2 Å². The molecule has 6 heteroatoms. The number of nitrogens with one attached hydrogen (secondary N) is 2. The number of hydrogen-bond donors (Lipinski definition) is 3. The Morgan fingerprint density at radius 2 is 2.11 bits per heavy atom. The fourth-order valence-electron chi connectivity index (χ4n) is 3.70. The predicted molar refractivity (Wildman–Crippen MR) is 110 cm³/mol. The maximum Gasteiger partial charge on any atom is 0.171 e. The van der Waals surface area contributed by atoms with E-state index in [-0.39, 0.29) is 17.9 Å². The molecule has 1 aromatic carbocycles. The zero-order chi connectivity index (χ0) is 19.9. The number of benzene rings is 1. The summed E-state index contributed by atoms with van der Waals surface area (Å²) in [5.74, 6) is 0.0378. The third kappa shape index (κ3) is 3.52. The number of anilines is 1. The van der Waals surface area contributed by atoms with Crippen LogP contribution in [0.3, 0.4) is 0 Å². The Morgan fingerprint density at radius 3 is 2.82 bits per heavy atom. The SMILES string of the molecule is CC(C)(C)C(=O)c1c[nH]c2ncc(-c3cccc(N[C@@H]4CCC[C@@H]4O)c3)nc12. The molecule has 0 saturated heterocycles. The summed E-state index contributed by atoms with van der Waals surface area (Å²) in [6.45, 7) is 5.70. The summed E-state index contributed by atoms with van der Waals surface area (Å²) in [4.78, 5) is 25.0. The third-order valence-electron chi connectivity index (χ3n) is 5.30. The lowest BCUT2D eigenvalue weighted by atomic mass is 9.87. The van der Waals surface area contributed by atoms with Gasteiger partial charge in [0.25, 0.3) is 0 Å². The highest BCUT2D eigenvalue weighted by Crippen LogP contribution is 2.29. The van der Waals surface area contributed by atoms with E-state index < -0.39 is 5.41 Å². The highest BCUT2D eigenvalue weighted by Gasteiger charge is 2.27. The zero-order valence-electron chi connectivity index (χ0n) is 16.5. The molecule has 0 radical (unpaired) electrons. The van der Waals surface area contributed by atoms with Crippen LogP contribution in [0.1, 0.15) is 50.4 Å². The van der Waals surface area contributed by atoms with E-state index in [9.17, 15) is 9.90 Å². The molecule has 0 aliphatic heterocycles. The Labute approximate surface area is 164 Å². The summed E-state index contributed by atoms with van der Waals surface area (Å²) in [7, 11) is 0. The van der Waals surface area contributed by atoms with E-state index in [4.69, 9.17) is 4.98 Å². The highest BCUT2D eigenvalue weighted by atomic mass is 16.3. The first-order chi connectivity index (χ1) is 13.3. The molecule has 0 spiro atoms. The van der Waals surface area contributed by atoms with E-state index in [1.807, 2.05) is 45.0 Å². The van der Waals surface area contributed by atoms with Gasteiger partial charge in [-0.25, -0.2) is 9.97 Å². The molecular weight excluding hydrogens is 352 g/mol. The number of aromatic amines is 1. The van der Waals surface area contributed by atoms with E-state index in [0.717, 1.165) is 30.5 Å². The van der Waals surface area contributed by atoms with E-state index in [1.165, 1.54) is 0 Å². The monoisotopic (exact) mass is 378 g/mol. The van der Waals surface area contributed by atoms with Crippen molar-refractivity contribution in [3.05, 3.63) is 42.2 Å². The van der Waals surface area contributed by atoms with Crippen LogP contribution < -0.4 is 5.32 Å². The second-order valence-corrected chi connectivity index (χ2v) is 8.56. The largest absolute Gasteiger partial charge is 0.391 e. The van der Waals surface area contributed by atoms with Gasteiger partial charge in [-0.05, 0) is 31.4 Å². The molecule has 0 bridgehead atoms. The molecule has 6 nitrogen and oxygen atoms in total. The second kappa shape index (κ2) is 7.02. The normalized spacial score (nSPS) is 19.9. The number of nitrogens with zero attached hydrogens (tertiary/aromatic N) is 2. The molecule has 3 aromatic rings. The van der Waals surface area contributed by atoms with Crippen molar-refractivity contribution < 1.29 is 9.90 Å². The van der Waals surface area contributed by atoms with Crippen LogP contribution in [0.25, 0.3) is 22.4 Å². The standard InChI is InChI=1S/C22H26N4O2/c1-22(2,3)20(28)15-11-23-21-19(15)26-17(12-24-21)13-6-4-7-14(10-13)25-16-8-5-9-18(16)27/h4,6-7,10-12,16,18,25,27H,5,8-9H2,1-3H3,(H,23,24)/t16-,18+/m1/s1. The molecule has 4 rings (SSSR count). The lowest BCUT2D eigenvalue weighted by Gasteiger charge is -2.18. The topological polar surface area (TPSA) is 90.9 Å². The molecule has 2 atom stereocenters. The van der Waals surface area contributed by atoms with E-state index in [2.05, 4.69) is 15.3 Å². The predicted octanol–water partition coefficient (Wildman–Crippen LogP) is 4.18. The van der Waals surface area contributed by atoms with Gasteiger partial charge in [-0.3, -0.25) is 4.79 Å². The minimum Gasteiger partial charge on any atom is -0.391 e. The summed E-state index contributed by atoms with van der Waals surface area (Å²) < 4.78 is 0. The zero-order valence-corrected chi connectivity index (χ0v) is 16.5. The quantitative estimate of drug-likeness (QED) is 0.593. The van der Waals surface area contributed by atoms with Gasteiger partial charge in [0.15, 0.2) is 11.4 Å². The number of carbonyl (C=O) groups excluding carboxylic acids is 1. The fraction of sp³-hybridized carbons (Fsp3) is 0.409. The lowest BCUT2D eigenvalue weighted by Crippen LogP contribution is -2.27. The number of rotatable bonds is 4. The Hall–Kier alpha value is -2.73.